The van der Waals surface area contributed by atoms with Gasteiger partial charge in [-0.1, -0.05) is 20.8 Å². The summed E-state index contributed by atoms with van der Waals surface area (Å²) in [4.78, 5) is 11.7. The van der Waals surface area contributed by atoms with Crippen LogP contribution in [0.15, 0.2) is 12.3 Å². The van der Waals surface area contributed by atoms with Crippen molar-refractivity contribution in [1.29, 1.82) is 0 Å². The van der Waals surface area contributed by atoms with Crippen LogP contribution in [0.5, 0.6) is 0 Å². The Hall–Kier alpha value is -1.36. The van der Waals surface area contributed by atoms with E-state index < -0.39 is 6.04 Å². The minimum absolute atomic E-state index is 0.189. The Morgan fingerprint density at radius 1 is 1.60 bits per heavy atom. The van der Waals surface area contributed by atoms with Crippen LogP contribution < -0.4 is 11.1 Å². The summed E-state index contributed by atoms with van der Waals surface area (Å²) in [7, 11) is 1.76. The molecule has 1 amide bonds. The van der Waals surface area contributed by atoms with Gasteiger partial charge in [0.2, 0.25) is 5.91 Å². The van der Waals surface area contributed by atoms with Crippen LogP contribution in [-0.4, -0.2) is 21.7 Å². The van der Waals surface area contributed by atoms with Crippen molar-refractivity contribution >= 4 is 11.7 Å². The van der Waals surface area contributed by atoms with Crippen LogP contribution in [0.1, 0.15) is 20.8 Å². The second-order valence-corrected chi connectivity index (χ2v) is 4.67. The maximum atomic E-state index is 11.7. The fraction of sp³-hybridized carbons (Fsp3) is 0.600. The lowest BCUT2D eigenvalue weighted by molar-refractivity contribution is -0.119. The standard InChI is InChI=1S/C10H18N4O/c1-10(2,3)8(11)9(15)13-7-5-6-12-14(7)4/h5-6,8H,11H2,1-4H3,(H,13,15). The summed E-state index contributed by atoms with van der Waals surface area (Å²) < 4.78 is 1.59. The third-order valence-corrected chi connectivity index (χ3v) is 2.29. The zero-order chi connectivity index (χ0) is 11.6. The van der Waals surface area contributed by atoms with Crippen LogP contribution >= 0.6 is 0 Å². The van der Waals surface area contributed by atoms with Crippen LogP contribution in [0.25, 0.3) is 0 Å². The maximum absolute atomic E-state index is 11.7. The van der Waals surface area contributed by atoms with Crippen molar-refractivity contribution in [3.05, 3.63) is 12.3 Å². The van der Waals surface area contributed by atoms with Crippen molar-refractivity contribution in [2.24, 2.45) is 18.2 Å². The second-order valence-electron chi connectivity index (χ2n) is 4.67. The van der Waals surface area contributed by atoms with E-state index in [9.17, 15) is 4.79 Å². The third kappa shape index (κ3) is 2.79. The van der Waals surface area contributed by atoms with Crippen LogP contribution in [0.4, 0.5) is 5.82 Å². The van der Waals surface area contributed by atoms with Gasteiger partial charge in [-0.25, -0.2) is 0 Å². The SMILES string of the molecule is Cn1nccc1NC(=O)C(N)C(C)(C)C. The first-order valence-corrected chi connectivity index (χ1v) is 4.87. The molecular weight excluding hydrogens is 192 g/mol. The van der Waals surface area contributed by atoms with E-state index in [4.69, 9.17) is 5.73 Å². The molecule has 84 valence electrons. The number of hydrogen-bond acceptors (Lipinski definition) is 3. The van der Waals surface area contributed by atoms with Gasteiger partial charge in [-0.3, -0.25) is 9.48 Å². The summed E-state index contributed by atoms with van der Waals surface area (Å²) in [5.74, 6) is 0.464. The van der Waals surface area contributed by atoms with Crippen molar-refractivity contribution in [1.82, 2.24) is 9.78 Å². The summed E-state index contributed by atoms with van der Waals surface area (Å²) in [6, 6.07) is 1.19. The van der Waals surface area contributed by atoms with Gasteiger partial charge in [0.25, 0.3) is 0 Å². The molecule has 1 rings (SSSR count). The van der Waals surface area contributed by atoms with Crippen molar-refractivity contribution in [2.75, 3.05) is 5.32 Å². The quantitative estimate of drug-likeness (QED) is 0.756. The average Bonchev–Trinajstić information content (AvgIpc) is 2.49. The Labute approximate surface area is 89.6 Å². The first kappa shape index (κ1) is 11.7. The summed E-state index contributed by atoms with van der Waals surface area (Å²) in [5.41, 5.74) is 5.57. The van der Waals surface area contributed by atoms with Crippen molar-refractivity contribution in [3.63, 3.8) is 0 Å². The Morgan fingerprint density at radius 3 is 2.60 bits per heavy atom. The largest absolute Gasteiger partial charge is 0.319 e. The number of carbonyl (C=O) groups excluding carboxylic acids is 1. The van der Waals surface area contributed by atoms with E-state index in [0.29, 0.717) is 5.82 Å². The van der Waals surface area contributed by atoms with Gasteiger partial charge in [-0.15, -0.1) is 0 Å². The molecule has 15 heavy (non-hydrogen) atoms. The Kier molecular flexibility index (Phi) is 3.14. The molecule has 0 spiro atoms. The fourth-order valence-electron chi connectivity index (χ4n) is 1.09. The fourth-order valence-corrected chi connectivity index (χ4v) is 1.09. The number of carbonyl (C=O) groups is 1. The van der Waals surface area contributed by atoms with Crippen LogP contribution in [0.2, 0.25) is 0 Å². The molecule has 0 aromatic carbocycles. The van der Waals surface area contributed by atoms with Gasteiger partial charge in [0, 0.05) is 13.1 Å². The highest BCUT2D eigenvalue weighted by atomic mass is 16.2. The molecule has 1 unspecified atom stereocenters. The van der Waals surface area contributed by atoms with E-state index in [-0.39, 0.29) is 11.3 Å². The molecule has 0 saturated carbocycles. The highest BCUT2D eigenvalue weighted by molar-refractivity contribution is 5.94. The number of nitrogens with zero attached hydrogens (tertiary/aromatic N) is 2. The number of aryl methyl sites for hydroxylation is 1. The minimum Gasteiger partial charge on any atom is -0.319 e. The molecule has 1 aromatic heterocycles. The van der Waals surface area contributed by atoms with Crippen molar-refractivity contribution < 1.29 is 4.79 Å². The van der Waals surface area contributed by atoms with Gasteiger partial charge in [0.15, 0.2) is 0 Å². The predicted molar refractivity (Wildman–Crippen MR) is 59.3 cm³/mol. The zero-order valence-electron chi connectivity index (χ0n) is 9.61. The molecular formula is C10H18N4O. The summed E-state index contributed by atoms with van der Waals surface area (Å²) in [5, 5.41) is 6.69. The van der Waals surface area contributed by atoms with E-state index in [2.05, 4.69) is 10.4 Å². The molecule has 0 aliphatic rings. The van der Waals surface area contributed by atoms with E-state index in [0.717, 1.165) is 0 Å². The Balaban J connectivity index is 2.69. The molecule has 1 heterocycles. The van der Waals surface area contributed by atoms with Gasteiger partial charge < -0.3 is 11.1 Å². The molecule has 0 aliphatic heterocycles. The number of hydrogen-bond donors (Lipinski definition) is 2. The third-order valence-electron chi connectivity index (χ3n) is 2.29. The van der Waals surface area contributed by atoms with Gasteiger partial charge in [-0.05, 0) is 5.41 Å². The molecule has 0 bridgehead atoms. The molecule has 0 saturated heterocycles. The number of anilines is 1. The highest BCUT2D eigenvalue weighted by Gasteiger charge is 2.27. The number of nitrogens with one attached hydrogen (secondary N) is 1. The first-order chi connectivity index (χ1) is 6.82. The molecule has 1 atom stereocenters. The molecule has 3 N–H and O–H groups in total. The van der Waals surface area contributed by atoms with E-state index in [1.165, 1.54) is 0 Å². The Bertz CT molecular complexity index is 351. The van der Waals surface area contributed by atoms with Crippen LogP contribution in [-0.2, 0) is 11.8 Å². The highest BCUT2D eigenvalue weighted by Crippen LogP contribution is 2.18. The molecule has 0 aliphatic carbocycles. The lowest BCUT2D eigenvalue weighted by Gasteiger charge is -2.25. The summed E-state index contributed by atoms with van der Waals surface area (Å²) >= 11 is 0. The molecule has 1 aromatic rings. The topological polar surface area (TPSA) is 72.9 Å². The normalized spacial score (nSPS) is 13.7. The summed E-state index contributed by atoms with van der Waals surface area (Å²) in [6.07, 6.45) is 1.62. The second kappa shape index (κ2) is 4.02. The van der Waals surface area contributed by atoms with Crippen LogP contribution in [0.3, 0.4) is 0 Å². The first-order valence-electron chi connectivity index (χ1n) is 4.87. The minimum atomic E-state index is -0.535. The average molecular weight is 210 g/mol. The molecule has 5 heteroatoms. The number of aromatic nitrogens is 2. The number of rotatable bonds is 2. The Morgan fingerprint density at radius 2 is 2.20 bits per heavy atom. The molecule has 5 nitrogen and oxygen atoms in total. The molecule has 0 radical (unpaired) electrons. The van der Waals surface area contributed by atoms with Crippen LogP contribution in [0, 0.1) is 5.41 Å². The number of nitrogens with two attached hydrogens (primary N) is 1. The zero-order valence-corrected chi connectivity index (χ0v) is 9.61. The van der Waals surface area contributed by atoms with Crippen molar-refractivity contribution in [3.8, 4) is 0 Å². The lowest BCUT2D eigenvalue weighted by Crippen LogP contribution is -2.45. The van der Waals surface area contributed by atoms with Gasteiger partial charge in [0.1, 0.15) is 5.82 Å². The van der Waals surface area contributed by atoms with E-state index in [1.54, 1.807) is 24.0 Å². The van der Waals surface area contributed by atoms with Gasteiger partial charge in [-0.2, -0.15) is 5.10 Å². The van der Waals surface area contributed by atoms with Crippen molar-refractivity contribution in [2.45, 2.75) is 26.8 Å². The monoisotopic (exact) mass is 210 g/mol. The van der Waals surface area contributed by atoms with E-state index >= 15 is 0 Å². The summed E-state index contributed by atoms with van der Waals surface area (Å²) in [6.45, 7) is 5.79. The maximum Gasteiger partial charge on any atom is 0.242 e. The van der Waals surface area contributed by atoms with Gasteiger partial charge in [0.05, 0.1) is 12.2 Å². The van der Waals surface area contributed by atoms with E-state index in [1.807, 2.05) is 20.8 Å². The smallest absolute Gasteiger partial charge is 0.242 e. The molecule has 0 fully saturated rings. The van der Waals surface area contributed by atoms with Gasteiger partial charge >= 0.3 is 0 Å². The lowest BCUT2D eigenvalue weighted by atomic mass is 9.87. The predicted octanol–water partition coefficient (Wildman–Crippen LogP) is 0.732. The number of amides is 1.